The van der Waals surface area contributed by atoms with Crippen LogP contribution in [-0.2, 0) is 4.79 Å². The van der Waals surface area contributed by atoms with Crippen molar-refractivity contribution in [3.63, 3.8) is 0 Å². The average Bonchev–Trinajstić information content (AvgIpc) is 2.94. The molecule has 5 nitrogen and oxygen atoms in total. The van der Waals surface area contributed by atoms with Crippen molar-refractivity contribution in [2.45, 2.75) is 0 Å². The third-order valence-electron chi connectivity index (χ3n) is 5.52. The first-order valence-corrected chi connectivity index (χ1v) is 12.5. The molecule has 0 fully saturated rings. The Bertz CT molecular complexity index is 1560. The van der Waals surface area contributed by atoms with Crippen molar-refractivity contribution < 1.29 is 18.8 Å². The fourth-order valence-corrected chi connectivity index (χ4v) is 3.95. The molecule has 0 unspecified atom stereocenters. The Hall–Kier alpha value is -4.52. The van der Waals surface area contributed by atoms with Gasteiger partial charge in [-0.3, -0.25) is 14.4 Å². The van der Waals surface area contributed by atoms with Crippen molar-refractivity contribution in [2.24, 2.45) is 0 Å². The van der Waals surface area contributed by atoms with Gasteiger partial charge in [-0.1, -0.05) is 65.7 Å². The van der Waals surface area contributed by atoms with Gasteiger partial charge in [0, 0.05) is 27.4 Å². The minimum Gasteiger partial charge on any atom is -0.321 e. The van der Waals surface area contributed by atoms with Crippen LogP contribution >= 0.6 is 23.2 Å². The number of allylic oxidation sites excluding steroid dienone is 1. The van der Waals surface area contributed by atoms with E-state index in [0.717, 1.165) is 5.56 Å². The van der Waals surface area contributed by atoms with Crippen LogP contribution in [0.4, 0.5) is 10.1 Å². The van der Waals surface area contributed by atoms with E-state index in [1.165, 1.54) is 30.4 Å². The second-order valence-electron chi connectivity index (χ2n) is 8.30. The number of amides is 2. The van der Waals surface area contributed by atoms with Gasteiger partial charge in [-0.05, 0) is 78.4 Å². The Morgan fingerprint density at radius 3 is 2.18 bits per heavy atom. The van der Waals surface area contributed by atoms with Gasteiger partial charge in [0.25, 0.3) is 11.8 Å². The second-order valence-corrected chi connectivity index (χ2v) is 9.14. The molecule has 2 N–H and O–H groups in total. The Kier molecular flexibility index (Phi) is 9.05. The number of rotatable bonds is 8. The van der Waals surface area contributed by atoms with Crippen LogP contribution in [0, 0.1) is 5.82 Å². The predicted octanol–water partition coefficient (Wildman–Crippen LogP) is 7.44. The van der Waals surface area contributed by atoms with Crippen molar-refractivity contribution in [3.05, 3.63) is 147 Å². The fourth-order valence-electron chi connectivity index (χ4n) is 3.53. The van der Waals surface area contributed by atoms with Crippen LogP contribution in [0.15, 0.2) is 109 Å². The largest absolute Gasteiger partial charge is 0.321 e. The Labute approximate surface area is 234 Å². The number of carbonyl (C=O) groups excluding carboxylic acids is 3. The van der Waals surface area contributed by atoms with E-state index in [1.807, 2.05) is 6.07 Å². The van der Waals surface area contributed by atoms with Gasteiger partial charge in [-0.2, -0.15) is 0 Å². The monoisotopic (exact) mass is 558 g/mol. The molecular formula is C31H21Cl2FN2O3. The maximum absolute atomic E-state index is 14.5. The number of hydrogen-bond acceptors (Lipinski definition) is 3. The maximum atomic E-state index is 14.5. The molecular weight excluding hydrogens is 538 g/mol. The first-order valence-electron chi connectivity index (χ1n) is 11.7. The molecule has 8 heteroatoms. The van der Waals surface area contributed by atoms with Gasteiger partial charge in [0.15, 0.2) is 5.78 Å². The van der Waals surface area contributed by atoms with Gasteiger partial charge >= 0.3 is 0 Å². The fraction of sp³-hybridized carbons (Fsp3) is 0. The van der Waals surface area contributed by atoms with E-state index in [4.69, 9.17) is 23.2 Å². The molecule has 0 aliphatic heterocycles. The lowest BCUT2D eigenvalue weighted by Crippen LogP contribution is -2.30. The summed E-state index contributed by atoms with van der Waals surface area (Å²) in [5, 5.41) is 5.83. The number of halogens is 3. The van der Waals surface area contributed by atoms with Crippen LogP contribution in [0.2, 0.25) is 10.0 Å². The van der Waals surface area contributed by atoms with Crippen molar-refractivity contribution in [1.29, 1.82) is 0 Å². The summed E-state index contributed by atoms with van der Waals surface area (Å²) in [7, 11) is 0. The molecule has 4 aromatic carbocycles. The highest BCUT2D eigenvalue weighted by Gasteiger charge is 2.17. The summed E-state index contributed by atoms with van der Waals surface area (Å²) in [6, 6.07) is 25.7. The molecule has 0 saturated heterocycles. The molecule has 0 atom stereocenters. The summed E-state index contributed by atoms with van der Waals surface area (Å²) < 4.78 is 14.5. The number of anilines is 1. The molecule has 0 aliphatic rings. The van der Waals surface area contributed by atoms with Gasteiger partial charge in [-0.25, -0.2) is 4.39 Å². The van der Waals surface area contributed by atoms with Crippen LogP contribution in [0.5, 0.6) is 0 Å². The summed E-state index contributed by atoms with van der Waals surface area (Å²) in [4.78, 5) is 38.5. The third kappa shape index (κ3) is 7.51. The van der Waals surface area contributed by atoms with Crippen LogP contribution < -0.4 is 10.6 Å². The van der Waals surface area contributed by atoms with E-state index in [1.54, 1.807) is 78.9 Å². The molecule has 0 aromatic heterocycles. The summed E-state index contributed by atoms with van der Waals surface area (Å²) in [5.74, 6) is -2.16. The number of benzene rings is 4. The minimum absolute atomic E-state index is 0.0508. The first kappa shape index (κ1) is 27.5. The van der Waals surface area contributed by atoms with Crippen LogP contribution in [0.3, 0.4) is 0 Å². The smallest absolute Gasteiger partial charge is 0.272 e. The number of carbonyl (C=O) groups is 3. The zero-order valence-electron chi connectivity index (χ0n) is 20.3. The molecule has 0 saturated carbocycles. The summed E-state index contributed by atoms with van der Waals surface area (Å²) in [5.41, 5.74) is 1.58. The van der Waals surface area contributed by atoms with Gasteiger partial charge < -0.3 is 10.6 Å². The minimum atomic E-state index is -0.710. The van der Waals surface area contributed by atoms with E-state index >= 15 is 0 Å². The number of ketones is 1. The van der Waals surface area contributed by atoms with E-state index < -0.39 is 17.6 Å². The molecule has 0 heterocycles. The third-order valence-corrected chi connectivity index (χ3v) is 6.08. The second kappa shape index (κ2) is 12.8. The van der Waals surface area contributed by atoms with E-state index in [2.05, 4.69) is 10.6 Å². The standard InChI is InChI=1S/C31H21Cl2FN2O3/c32-23-9-4-6-20(18-23)12-17-29(37)21-13-15-24(16-14-21)35-31(39)28(19-25-26(33)10-5-11-27(25)34)36-30(38)22-7-2-1-3-8-22/h1-19H,(H,35,39)(H,36,38)/b17-12+,28-19-. The van der Waals surface area contributed by atoms with Crippen LogP contribution in [-0.4, -0.2) is 17.6 Å². The van der Waals surface area contributed by atoms with E-state index in [-0.39, 0.29) is 22.1 Å². The van der Waals surface area contributed by atoms with E-state index in [0.29, 0.717) is 21.8 Å². The highest BCUT2D eigenvalue weighted by molar-refractivity contribution is 6.32. The lowest BCUT2D eigenvalue weighted by atomic mass is 10.1. The summed E-state index contributed by atoms with van der Waals surface area (Å²) >= 11 is 12.1. The molecule has 194 valence electrons. The molecule has 39 heavy (non-hydrogen) atoms. The molecule has 0 spiro atoms. The van der Waals surface area contributed by atoms with Gasteiger partial charge in [0.05, 0.1) is 5.02 Å². The van der Waals surface area contributed by atoms with E-state index in [9.17, 15) is 18.8 Å². The Balaban J connectivity index is 1.53. The lowest BCUT2D eigenvalue weighted by molar-refractivity contribution is -0.113. The number of nitrogens with one attached hydrogen (secondary N) is 2. The molecule has 0 radical (unpaired) electrons. The highest BCUT2D eigenvalue weighted by Crippen LogP contribution is 2.22. The van der Waals surface area contributed by atoms with Crippen molar-refractivity contribution in [1.82, 2.24) is 5.32 Å². The summed E-state index contributed by atoms with van der Waals surface area (Å²) in [6.45, 7) is 0. The molecule has 0 aliphatic carbocycles. The lowest BCUT2D eigenvalue weighted by Gasteiger charge is -2.12. The normalized spacial score (nSPS) is 11.3. The zero-order valence-corrected chi connectivity index (χ0v) is 21.8. The Morgan fingerprint density at radius 1 is 0.769 bits per heavy atom. The first-order chi connectivity index (χ1) is 18.8. The quantitative estimate of drug-likeness (QED) is 0.174. The van der Waals surface area contributed by atoms with Crippen molar-refractivity contribution in [3.8, 4) is 0 Å². The summed E-state index contributed by atoms with van der Waals surface area (Å²) in [6.07, 6.45) is 4.26. The van der Waals surface area contributed by atoms with Crippen LogP contribution in [0.25, 0.3) is 12.2 Å². The molecule has 4 rings (SSSR count). The van der Waals surface area contributed by atoms with Crippen molar-refractivity contribution in [2.75, 3.05) is 5.32 Å². The molecule has 0 bridgehead atoms. The van der Waals surface area contributed by atoms with Gasteiger partial charge in [0.2, 0.25) is 0 Å². The van der Waals surface area contributed by atoms with Crippen molar-refractivity contribution >= 4 is 58.6 Å². The SMILES string of the molecule is O=C(Nc1ccc(C(=O)/C=C/c2cccc(Cl)c2)cc1)/C(=C/c1c(F)cccc1Cl)NC(=O)c1ccccc1. The van der Waals surface area contributed by atoms with Gasteiger partial charge in [0.1, 0.15) is 11.5 Å². The van der Waals surface area contributed by atoms with Crippen LogP contribution in [0.1, 0.15) is 31.8 Å². The molecule has 4 aromatic rings. The Morgan fingerprint density at radius 2 is 1.49 bits per heavy atom. The average molecular weight is 559 g/mol. The number of hydrogen-bond donors (Lipinski definition) is 2. The maximum Gasteiger partial charge on any atom is 0.272 e. The topological polar surface area (TPSA) is 75.3 Å². The molecule has 2 amide bonds. The zero-order chi connectivity index (χ0) is 27.8. The predicted molar refractivity (Wildman–Crippen MR) is 153 cm³/mol. The highest BCUT2D eigenvalue weighted by atomic mass is 35.5. The van der Waals surface area contributed by atoms with Gasteiger partial charge in [-0.15, -0.1) is 0 Å².